The quantitative estimate of drug-likeness (QED) is 0.249. The van der Waals surface area contributed by atoms with Crippen LogP contribution >= 0.6 is 0 Å². The first kappa shape index (κ1) is 9.12. The molecule has 0 saturated carbocycles. The van der Waals surface area contributed by atoms with Gasteiger partial charge in [0.2, 0.25) is 5.96 Å². The van der Waals surface area contributed by atoms with Crippen molar-refractivity contribution in [2.24, 2.45) is 10.9 Å². The predicted molar refractivity (Wildman–Crippen MR) is 45.0 cm³/mol. The van der Waals surface area contributed by atoms with Crippen molar-refractivity contribution < 1.29 is 9.94 Å². The second kappa shape index (κ2) is 4.15. The molecular weight excluding hydrogens is 158 g/mol. The fraction of sp³-hybridized carbons (Fsp3) is 0.857. The number of rotatable bonds is 1. The molecule has 1 fully saturated rings. The van der Waals surface area contributed by atoms with Crippen molar-refractivity contribution in [2.75, 3.05) is 20.3 Å². The smallest absolute Gasteiger partial charge is 0.233 e. The average molecular weight is 173 g/mol. The van der Waals surface area contributed by atoms with E-state index in [1.807, 2.05) is 7.05 Å². The number of nitrogens with two attached hydrogens (primary N) is 1. The first-order chi connectivity index (χ1) is 5.75. The Hall–Kier alpha value is -0.970. The Morgan fingerprint density at radius 1 is 1.58 bits per heavy atom. The molecule has 0 aromatic heterocycles. The molecule has 3 N–H and O–H groups in total. The van der Waals surface area contributed by atoms with Crippen LogP contribution in [0, 0.1) is 0 Å². The van der Waals surface area contributed by atoms with Crippen molar-refractivity contribution in [3.63, 3.8) is 0 Å². The van der Waals surface area contributed by atoms with E-state index in [-0.39, 0.29) is 5.96 Å². The largest absolute Gasteiger partial charge is 0.408 e. The molecular formula is C7H15N3O2. The van der Waals surface area contributed by atoms with Crippen LogP contribution in [-0.4, -0.2) is 42.4 Å². The van der Waals surface area contributed by atoms with Crippen molar-refractivity contribution in [3.8, 4) is 0 Å². The summed E-state index contributed by atoms with van der Waals surface area (Å²) in [7, 11) is 1.82. The molecule has 5 nitrogen and oxygen atoms in total. The molecule has 1 aliphatic heterocycles. The van der Waals surface area contributed by atoms with Gasteiger partial charge in [0.15, 0.2) is 0 Å². The summed E-state index contributed by atoms with van der Waals surface area (Å²) in [6.07, 6.45) is 1.87. The molecule has 0 aromatic carbocycles. The summed E-state index contributed by atoms with van der Waals surface area (Å²) >= 11 is 0. The van der Waals surface area contributed by atoms with Crippen LogP contribution in [0.1, 0.15) is 12.8 Å². The molecule has 1 heterocycles. The van der Waals surface area contributed by atoms with Gasteiger partial charge in [-0.15, -0.1) is 0 Å². The third-order valence-electron chi connectivity index (χ3n) is 2.20. The SMILES string of the molecule is CN(/C(N)=N/O)C1CCOCC1. The van der Waals surface area contributed by atoms with Gasteiger partial charge in [-0.3, -0.25) is 0 Å². The molecule has 1 aliphatic rings. The van der Waals surface area contributed by atoms with Gasteiger partial charge in [0, 0.05) is 26.3 Å². The van der Waals surface area contributed by atoms with Crippen LogP contribution in [0.15, 0.2) is 5.16 Å². The van der Waals surface area contributed by atoms with Gasteiger partial charge in [0.25, 0.3) is 0 Å². The van der Waals surface area contributed by atoms with Crippen LogP contribution in [0.5, 0.6) is 0 Å². The van der Waals surface area contributed by atoms with E-state index >= 15 is 0 Å². The lowest BCUT2D eigenvalue weighted by atomic mass is 10.1. The molecule has 0 spiro atoms. The van der Waals surface area contributed by atoms with Crippen molar-refractivity contribution >= 4 is 5.96 Å². The Morgan fingerprint density at radius 2 is 2.17 bits per heavy atom. The molecule has 5 heteroatoms. The number of hydrogen-bond acceptors (Lipinski definition) is 3. The van der Waals surface area contributed by atoms with Gasteiger partial charge in [-0.05, 0) is 12.8 Å². The van der Waals surface area contributed by atoms with Crippen LogP contribution in [0.4, 0.5) is 0 Å². The van der Waals surface area contributed by atoms with Gasteiger partial charge < -0.3 is 20.6 Å². The van der Waals surface area contributed by atoms with Gasteiger partial charge in [-0.2, -0.15) is 0 Å². The zero-order chi connectivity index (χ0) is 8.97. The van der Waals surface area contributed by atoms with Gasteiger partial charge in [-0.1, -0.05) is 5.16 Å². The molecule has 1 saturated heterocycles. The highest BCUT2D eigenvalue weighted by Gasteiger charge is 2.19. The highest BCUT2D eigenvalue weighted by Crippen LogP contribution is 2.11. The summed E-state index contributed by atoms with van der Waals surface area (Å²) in [4.78, 5) is 1.78. The topological polar surface area (TPSA) is 71.1 Å². The van der Waals surface area contributed by atoms with Gasteiger partial charge in [-0.25, -0.2) is 0 Å². The number of ether oxygens (including phenoxy) is 1. The summed E-state index contributed by atoms with van der Waals surface area (Å²) in [6.45, 7) is 1.52. The second-order valence-electron chi connectivity index (χ2n) is 2.91. The van der Waals surface area contributed by atoms with Crippen molar-refractivity contribution in [1.29, 1.82) is 0 Å². The van der Waals surface area contributed by atoms with E-state index in [0.717, 1.165) is 26.1 Å². The summed E-state index contributed by atoms with van der Waals surface area (Å²) in [5, 5.41) is 11.4. The maximum Gasteiger partial charge on any atom is 0.233 e. The lowest BCUT2D eigenvalue weighted by molar-refractivity contribution is 0.0594. The Bertz CT molecular complexity index is 166. The molecule has 0 unspecified atom stereocenters. The lowest BCUT2D eigenvalue weighted by Gasteiger charge is -2.31. The van der Waals surface area contributed by atoms with Crippen LogP contribution in [0.3, 0.4) is 0 Å². The van der Waals surface area contributed by atoms with E-state index in [4.69, 9.17) is 15.7 Å². The van der Waals surface area contributed by atoms with E-state index in [1.54, 1.807) is 4.90 Å². The summed E-state index contributed by atoms with van der Waals surface area (Å²) in [5.41, 5.74) is 5.43. The van der Waals surface area contributed by atoms with E-state index < -0.39 is 0 Å². The van der Waals surface area contributed by atoms with E-state index in [1.165, 1.54) is 0 Å². The van der Waals surface area contributed by atoms with Crippen molar-refractivity contribution in [2.45, 2.75) is 18.9 Å². The van der Waals surface area contributed by atoms with Gasteiger partial charge in [0.1, 0.15) is 0 Å². The summed E-state index contributed by atoms with van der Waals surface area (Å²) in [6, 6.07) is 0.342. The standard InChI is InChI=1S/C7H15N3O2/c1-10(7(8)9-11)6-2-4-12-5-3-6/h6,11H,2-5H2,1H3,(H2,8,9). The van der Waals surface area contributed by atoms with Crippen LogP contribution < -0.4 is 5.73 Å². The molecule has 0 amide bonds. The van der Waals surface area contributed by atoms with Crippen LogP contribution in [0.25, 0.3) is 0 Å². The molecule has 0 bridgehead atoms. The Morgan fingerprint density at radius 3 is 2.67 bits per heavy atom. The fourth-order valence-electron chi connectivity index (χ4n) is 1.33. The van der Waals surface area contributed by atoms with Crippen LogP contribution in [-0.2, 0) is 4.74 Å². The van der Waals surface area contributed by atoms with E-state index in [9.17, 15) is 0 Å². The third-order valence-corrected chi connectivity index (χ3v) is 2.20. The number of nitrogens with zero attached hydrogens (tertiary/aromatic N) is 2. The van der Waals surface area contributed by atoms with Gasteiger partial charge >= 0.3 is 0 Å². The van der Waals surface area contributed by atoms with E-state index in [0.29, 0.717) is 6.04 Å². The number of guanidine groups is 1. The minimum atomic E-state index is 0.168. The number of hydrogen-bond donors (Lipinski definition) is 2. The predicted octanol–water partition coefficient (Wildman–Crippen LogP) is -0.199. The van der Waals surface area contributed by atoms with Gasteiger partial charge in [0.05, 0.1) is 0 Å². The maximum absolute atomic E-state index is 8.43. The van der Waals surface area contributed by atoms with Crippen molar-refractivity contribution in [3.05, 3.63) is 0 Å². The summed E-state index contributed by atoms with van der Waals surface area (Å²) in [5.74, 6) is 0.168. The maximum atomic E-state index is 8.43. The Labute approximate surface area is 71.8 Å². The molecule has 0 aromatic rings. The molecule has 0 atom stereocenters. The highest BCUT2D eigenvalue weighted by molar-refractivity contribution is 5.77. The molecule has 0 aliphatic carbocycles. The zero-order valence-electron chi connectivity index (χ0n) is 7.23. The average Bonchev–Trinajstić information content (AvgIpc) is 2.17. The zero-order valence-corrected chi connectivity index (χ0v) is 7.23. The minimum absolute atomic E-state index is 0.168. The normalized spacial score (nSPS) is 20.9. The fourth-order valence-corrected chi connectivity index (χ4v) is 1.33. The lowest BCUT2D eigenvalue weighted by Crippen LogP contribution is -2.44. The molecule has 12 heavy (non-hydrogen) atoms. The molecule has 0 radical (unpaired) electrons. The summed E-state index contributed by atoms with van der Waals surface area (Å²) < 4.78 is 5.19. The third kappa shape index (κ3) is 2.01. The first-order valence-corrected chi connectivity index (χ1v) is 4.04. The first-order valence-electron chi connectivity index (χ1n) is 4.04. The Balaban J connectivity index is 2.44. The second-order valence-corrected chi connectivity index (χ2v) is 2.91. The van der Waals surface area contributed by atoms with E-state index in [2.05, 4.69) is 5.16 Å². The number of oxime groups is 1. The molecule has 1 rings (SSSR count). The van der Waals surface area contributed by atoms with Crippen molar-refractivity contribution in [1.82, 2.24) is 4.90 Å². The highest BCUT2D eigenvalue weighted by atomic mass is 16.5. The molecule has 70 valence electrons. The van der Waals surface area contributed by atoms with Crippen LogP contribution in [0.2, 0.25) is 0 Å². The minimum Gasteiger partial charge on any atom is -0.408 e. The Kier molecular flexibility index (Phi) is 3.16. The monoisotopic (exact) mass is 173 g/mol.